The Kier molecular flexibility index (Phi) is 3.52. The van der Waals surface area contributed by atoms with Gasteiger partial charge in [-0.05, 0) is 26.0 Å². The lowest BCUT2D eigenvalue weighted by Gasteiger charge is -2.22. The number of aromatic nitrogens is 1. The van der Waals surface area contributed by atoms with Gasteiger partial charge in [-0.3, -0.25) is 0 Å². The first-order chi connectivity index (χ1) is 7.22. The van der Waals surface area contributed by atoms with E-state index in [9.17, 15) is 12.8 Å². The molecule has 0 aliphatic heterocycles. The van der Waals surface area contributed by atoms with E-state index in [1.807, 2.05) is 0 Å². The van der Waals surface area contributed by atoms with E-state index in [1.54, 1.807) is 19.9 Å². The molecule has 0 saturated carbocycles. The van der Waals surface area contributed by atoms with Gasteiger partial charge in [-0.2, -0.15) is 4.39 Å². The lowest BCUT2D eigenvalue weighted by molar-refractivity contribution is 0.558. The van der Waals surface area contributed by atoms with Gasteiger partial charge >= 0.3 is 0 Å². The molecule has 0 amide bonds. The van der Waals surface area contributed by atoms with Gasteiger partial charge in [0.2, 0.25) is 5.95 Å². The van der Waals surface area contributed by atoms with Crippen molar-refractivity contribution in [1.29, 1.82) is 0 Å². The number of anilines is 1. The lowest BCUT2D eigenvalue weighted by atomic mass is 10.2. The molecule has 0 aromatic carbocycles. The molecule has 0 radical (unpaired) electrons. The lowest BCUT2D eigenvalue weighted by Crippen LogP contribution is -2.38. The second-order valence-corrected chi connectivity index (χ2v) is 6.88. The van der Waals surface area contributed by atoms with E-state index in [0.29, 0.717) is 5.82 Å². The fourth-order valence-electron chi connectivity index (χ4n) is 0.941. The zero-order valence-corrected chi connectivity index (χ0v) is 10.3. The van der Waals surface area contributed by atoms with E-state index < -0.39 is 20.5 Å². The summed E-state index contributed by atoms with van der Waals surface area (Å²) >= 11 is 0. The van der Waals surface area contributed by atoms with Crippen molar-refractivity contribution in [3.05, 3.63) is 24.1 Å². The van der Waals surface area contributed by atoms with Crippen molar-refractivity contribution in [2.24, 2.45) is 0 Å². The average Bonchev–Trinajstić information content (AvgIpc) is 2.13. The average molecular weight is 246 g/mol. The molecule has 1 heterocycles. The van der Waals surface area contributed by atoms with Crippen molar-refractivity contribution in [1.82, 2.24) is 4.98 Å². The third-order valence-electron chi connectivity index (χ3n) is 2.41. The van der Waals surface area contributed by atoms with Gasteiger partial charge in [0.05, 0.1) is 4.75 Å². The van der Waals surface area contributed by atoms with Crippen LogP contribution in [0.15, 0.2) is 18.2 Å². The molecule has 1 aromatic rings. The summed E-state index contributed by atoms with van der Waals surface area (Å²) in [5, 5.41) is 2.80. The zero-order chi connectivity index (χ0) is 12.4. The Balaban J connectivity index is 2.72. The minimum atomic E-state index is -3.17. The molecule has 6 heteroatoms. The fraction of sp³-hybridized carbons (Fsp3) is 0.500. The van der Waals surface area contributed by atoms with Crippen LogP contribution in [0.25, 0.3) is 0 Å². The zero-order valence-electron chi connectivity index (χ0n) is 9.49. The molecule has 0 bridgehead atoms. The normalized spacial score (nSPS) is 12.5. The van der Waals surface area contributed by atoms with Crippen LogP contribution in [0.3, 0.4) is 0 Å². The molecular formula is C10H15FN2O2S. The van der Waals surface area contributed by atoms with Gasteiger partial charge in [0.1, 0.15) is 5.82 Å². The third-order valence-corrected chi connectivity index (χ3v) is 4.57. The molecular weight excluding hydrogens is 231 g/mol. The topological polar surface area (TPSA) is 59.1 Å². The summed E-state index contributed by atoms with van der Waals surface area (Å²) < 4.78 is 34.6. The Morgan fingerprint density at radius 1 is 1.44 bits per heavy atom. The van der Waals surface area contributed by atoms with E-state index in [2.05, 4.69) is 10.3 Å². The van der Waals surface area contributed by atoms with Gasteiger partial charge in [0, 0.05) is 12.8 Å². The quantitative estimate of drug-likeness (QED) is 0.817. The van der Waals surface area contributed by atoms with Crippen molar-refractivity contribution >= 4 is 15.7 Å². The van der Waals surface area contributed by atoms with Gasteiger partial charge < -0.3 is 5.32 Å². The van der Waals surface area contributed by atoms with Crippen molar-refractivity contribution in [3.63, 3.8) is 0 Å². The summed E-state index contributed by atoms with van der Waals surface area (Å²) in [4.78, 5) is 3.59. The van der Waals surface area contributed by atoms with Gasteiger partial charge in [-0.15, -0.1) is 0 Å². The minimum Gasteiger partial charge on any atom is -0.368 e. The van der Waals surface area contributed by atoms with Crippen LogP contribution in [0.2, 0.25) is 0 Å². The fourth-order valence-corrected chi connectivity index (χ4v) is 1.28. The van der Waals surface area contributed by atoms with Crippen LogP contribution in [0.4, 0.5) is 10.2 Å². The number of halogens is 1. The number of hydrogen-bond donors (Lipinski definition) is 1. The summed E-state index contributed by atoms with van der Waals surface area (Å²) in [7, 11) is -3.17. The van der Waals surface area contributed by atoms with Crippen molar-refractivity contribution < 1.29 is 12.8 Å². The maximum Gasteiger partial charge on any atom is 0.214 e. The Morgan fingerprint density at radius 2 is 2.06 bits per heavy atom. The number of rotatable bonds is 4. The summed E-state index contributed by atoms with van der Waals surface area (Å²) in [6.45, 7) is 3.39. The molecule has 0 unspecified atom stereocenters. The highest BCUT2D eigenvalue weighted by Gasteiger charge is 2.29. The van der Waals surface area contributed by atoms with Crippen LogP contribution in [-0.4, -0.2) is 30.9 Å². The predicted octanol–water partition coefficient (Wildman–Crippen LogP) is 1.46. The summed E-state index contributed by atoms with van der Waals surface area (Å²) in [6, 6.07) is 4.33. The molecule has 1 N–H and O–H groups in total. The van der Waals surface area contributed by atoms with Crippen molar-refractivity contribution in [2.45, 2.75) is 18.6 Å². The van der Waals surface area contributed by atoms with Crippen LogP contribution in [0, 0.1) is 5.95 Å². The van der Waals surface area contributed by atoms with E-state index >= 15 is 0 Å². The first-order valence-corrected chi connectivity index (χ1v) is 6.67. The standard InChI is InChI=1S/C10H15FN2O2S/c1-10(2,16(3,14)15)7-12-9-6-4-5-8(11)13-9/h4-6H,7H2,1-3H3,(H,12,13). The highest BCUT2D eigenvalue weighted by atomic mass is 32.2. The molecule has 4 nitrogen and oxygen atoms in total. The minimum absolute atomic E-state index is 0.183. The Morgan fingerprint density at radius 3 is 2.56 bits per heavy atom. The molecule has 0 fully saturated rings. The van der Waals surface area contributed by atoms with Crippen LogP contribution in [0.1, 0.15) is 13.8 Å². The Bertz CT molecular complexity index is 471. The monoisotopic (exact) mass is 246 g/mol. The number of sulfone groups is 1. The molecule has 0 saturated heterocycles. The number of nitrogens with one attached hydrogen (secondary N) is 1. The van der Waals surface area contributed by atoms with Gasteiger partial charge in [0.15, 0.2) is 9.84 Å². The van der Waals surface area contributed by atoms with Gasteiger partial charge in [-0.25, -0.2) is 13.4 Å². The van der Waals surface area contributed by atoms with Crippen LogP contribution >= 0.6 is 0 Å². The second-order valence-electron chi connectivity index (χ2n) is 4.23. The number of nitrogens with zero attached hydrogens (tertiary/aromatic N) is 1. The second kappa shape index (κ2) is 4.37. The van der Waals surface area contributed by atoms with Crippen molar-refractivity contribution in [2.75, 3.05) is 18.1 Å². The van der Waals surface area contributed by atoms with Crippen LogP contribution < -0.4 is 5.32 Å². The molecule has 0 spiro atoms. The first kappa shape index (κ1) is 12.9. The SMILES string of the molecule is CC(C)(CNc1cccc(F)n1)S(C)(=O)=O. The van der Waals surface area contributed by atoms with Gasteiger partial charge in [0.25, 0.3) is 0 Å². The molecule has 1 rings (SSSR count). The van der Waals surface area contributed by atoms with E-state index in [-0.39, 0.29) is 6.54 Å². The smallest absolute Gasteiger partial charge is 0.214 e. The summed E-state index contributed by atoms with van der Waals surface area (Å²) in [5.41, 5.74) is 0. The Labute approximate surface area is 94.8 Å². The maximum atomic E-state index is 12.8. The van der Waals surface area contributed by atoms with Gasteiger partial charge in [-0.1, -0.05) is 6.07 Å². The molecule has 0 atom stereocenters. The largest absolute Gasteiger partial charge is 0.368 e. The number of pyridine rings is 1. The molecule has 0 aliphatic carbocycles. The summed E-state index contributed by atoms with van der Waals surface area (Å²) in [6.07, 6.45) is 1.17. The first-order valence-electron chi connectivity index (χ1n) is 4.78. The van der Waals surface area contributed by atoms with Crippen LogP contribution in [-0.2, 0) is 9.84 Å². The number of hydrogen-bond acceptors (Lipinski definition) is 4. The highest BCUT2D eigenvalue weighted by Crippen LogP contribution is 2.15. The molecule has 0 aliphatic rings. The molecule has 16 heavy (non-hydrogen) atoms. The summed E-state index contributed by atoms with van der Waals surface area (Å²) in [5.74, 6) is -0.265. The van der Waals surface area contributed by atoms with E-state index in [4.69, 9.17) is 0 Å². The van der Waals surface area contributed by atoms with Crippen LogP contribution in [0.5, 0.6) is 0 Å². The van der Waals surface area contributed by atoms with E-state index in [1.165, 1.54) is 18.4 Å². The Hall–Kier alpha value is -1.17. The highest BCUT2D eigenvalue weighted by molar-refractivity contribution is 7.92. The predicted molar refractivity (Wildman–Crippen MR) is 61.6 cm³/mol. The van der Waals surface area contributed by atoms with E-state index in [0.717, 1.165) is 0 Å². The molecule has 1 aromatic heterocycles. The van der Waals surface area contributed by atoms with Crippen molar-refractivity contribution in [3.8, 4) is 0 Å². The molecule has 90 valence electrons. The third kappa shape index (κ3) is 3.16. The maximum absolute atomic E-state index is 12.8.